The molecule has 0 spiro atoms. The molecule has 0 unspecified atom stereocenters. The molecule has 2 aromatic rings. The van der Waals surface area contributed by atoms with E-state index in [1.807, 2.05) is 13.8 Å². The van der Waals surface area contributed by atoms with E-state index in [0.29, 0.717) is 11.1 Å². The van der Waals surface area contributed by atoms with Crippen molar-refractivity contribution in [2.75, 3.05) is 18.0 Å². The first-order valence-corrected chi connectivity index (χ1v) is 8.92. The van der Waals surface area contributed by atoms with Crippen LogP contribution in [-0.2, 0) is 6.42 Å². The van der Waals surface area contributed by atoms with Gasteiger partial charge in [-0.25, -0.2) is 4.99 Å². The fourth-order valence-corrected chi connectivity index (χ4v) is 3.39. The van der Waals surface area contributed by atoms with Crippen LogP contribution in [0.2, 0.25) is 0 Å². The van der Waals surface area contributed by atoms with E-state index in [9.17, 15) is 5.11 Å². The quantitative estimate of drug-likeness (QED) is 0.785. The smallest absolute Gasteiger partial charge is 0.160 e. The summed E-state index contributed by atoms with van der Waals surface area (Å²) in [5.41, 5.74) is 4.87. The Labute approximate surface area is 149 Å². The summed E-state index contributed by atoms with van der Waals surface area (Å²) in [7, 11) is 0. The summed E-state index contributed by atoms with van der Waals surface area (Å²) in [5, 5.41) is 11.8. The van der Waals surface area contributed by atoms with Gasteiger partial charge in [0.1, 0.15) is 16.8 Å². The standard InChI is InChI=1S/C21H26N2O2/c1-7-15-10-16-18(11-17(15)23(8-2)9-3)25-21-14(6)12(4)13(5)20(24)19(21)22-16/h10-11,24H,4,7-9H2,1-3,5-6H3. The molecule has 1 aliphatic heterocycles. The highest BCUT2D eigenvalue weighted by atomic mass is 16.5. The van der Waals surface area contributed by atoms with Crippen LogP contribution >= 0.6 is 0 Å². The second-order valence-electron chi connectivity index (χ2n) is 6.44. The number of nitrogens with zero attached hydrogens (tertiary/aromatic N) is 2. The molecule has 0 aliphatic carbocycles. The van der Waals surface area contributed by atoms with Crippen LogP contribution in [0.4, 0.5) is 11.4 Å². The molecule has 1 aliphatic rings. The van der Waals surface area contributed by atoms with Gasteiger partial charge in [-0.05, 0) is 51.0 Å². The molecule has 4 heteroatoms. The first kappa shape index (κ1) is 17.3. The monoisotopic (exact) mass is 338 g/mol. The Balaban J connectivity index is 2.28. The van der Waals surface area contributed by atoms with Gasteiger partial charge in [-0.2, -0.15) is 0 Å². The highest BCUT2D eigenvalue weighted by Crippen LogP contribution is 2.41. The molecule has 132 valence electrons. The average Bonchev–Trinajstić information content (AvgIpc) is 2.63. The van der Waals surface area contributed by atoms with Gasteiger partial charge < -0.3 is 14.7 Å². The van der Waals surface area contributed by atoms with Gasteiger partial charge in [0.2, 0.25) is 0 Å². The summed E-state index contributed by atoms with van der Waals surface area (Å²) in [6.07, 6.45) is 0.920. The van der Waals surface area contributed by atoms with Crippen molar-refractivity contribution in [1.29, 1.82) is 0 Å². The number of ether oxygens (including phenoxy) is 1. The summed E-state index contributed by atoms with van der Waals surface area (Å²) in [4.78, 5) is 7.03. The molecule has 0 atom stereocenters. The van der Waals surface area contributed by atoms with E-state index in [4.69, 9.17) is 9.73 Å². The van der Waals surface area contributed by atoms with E-state index in [0.717, 1.165) is 47.3 Å². The van der Waals surface area contributed by atoms with E-state index in [2.05, 4.69) is 44.4 Å². The van der Waals surface area contributed by atoms with Crippen LogP contribution < -0.4 is 20.2 Å². The third-order valence-electron chi connectivity index (χ3n) is 5.13. The number of benzene rings is 2. The van der Waals surface area contributed by atoms with Gasteiger partial charge in [0.05, 0.1) is 0 Å². The lowest BCUT2D eigenvalue weighted by molar-refractivity contribution is 0.431. The molecule has 0 radical (unpaired) electrons. The number of aromatic hydroxyl groups is 1. The lowest BCUT2D eigenvalue weighted by Crippen LogP contribution is -2.24. The third kappa shape index (κ3) is 2.66. The number of hydrogen-bond donors (Lipinski definition) is 1. The SMILES string of the molecule is C=c1c(C)c(O)c2c(c1C)Oc1cc(N(CC)CC)c(CC)cc1N=2. The van der Waals surface area contributed by atoms with Gasteiger partial charge in [0.15, 0.2) is 11.5 Å². The van der Waals surface area contributed by atoms with Gasteiger partial charge in [-0.15, -0.1) is 0 Å². The number of rotatable bonds is 4. The Morgan fingerprint density at radius 1 is 1.12 bits per heavy atom. The van der Waals surface area contributed by atoms with Crippen LogP contribution in [0.25, 0.3) is 6.58 Å². The van der Waals surface area contributed by atoms with Gasteiger partial charge in [0.25, 0.3) is 0 Å². The lowest BCUT2D eigenvalue weighted by atomic mass is 10.0. The molecule has 3 rings (SSSR count). The van der Waals surface area contributed by atoms with Crippen molar-refractivity contribution in [3.63, 3.8) is 0 Å². The molecule has 1 N–H and O–H groups in total. The number of anilines is 1. The molecule has 0 saturated carbocycles. The molecule has 0 bridgehead atoms. The first-order chi connectivity index (χ1) is 11.9. The van der Waals surface area contributed by atoms with Crippen molar-refractivity contribution in [3.8, 4) is 17.2 Å². The fraction of sp³-hybridized carbons (Fsp3) is 0.381. The summed E-state index contributed by atoms with van der Waals surface area (Å²) < 4.78 is 6.18. The number of aryl methyl sites for hydroxylation is 1. The number of phenols is 1. The van der Waals surface area contributed by atoms with Crippen LogP contribution in [0.15, 0.2) is 17.1 Å². The third-order valence-corrected chi connectivity index (χ3v) is 5.13. The van der Waals surface area contributed by atoms with Gasteiger partial charge in [0, 0.05) is 36.0 Å². The van der Waals surface area contributed by atoms with E-state index >= 15 is 0 Å². The number of phenolic OH excluding ortho intramolecular Hbond substituents is 1. The normalized spacial score (nSPS) is 12.0. The first-order valence-electron chi connectivity index (χ1n) is 8.92. The Kier molecular flexibility index (Phi) is 4.46. The molecular formula is C21H26N2O2. The number of fused-ring (bicyclic) bond motifs is 2. The molecule has 1 heterocycles. The highest BCUT2D eigenvalue weighted by Gasteiger charge is 2.22. The highest BCUT2D eigenvalue weighted by molar-refractivity contribution is 5.69. The summed E-state index contributed by atoms with van der Waals surface area (Å²) in [5.74, 6) is 1.50. The molecule has 0 saturated heterocycles. The van der Waals surface area contributed by atoms with Crippen LogP contribution in [0.3, 0.4) is 0 Å². The molecule has 4 nitrogen and oxygen atoms in total. The van der Waals surface area contributed by atoms with E-state index in [1.165, 1.54) is 11.3 Å². The zero-order chi connectivity index (χ0) is 18.3. The zero-order valence-corrected chi connectivity index (χ0v) is 15.7. The van der Waals surface area contributed by atoms with Gasteiger partial charge in [-0.1, -0.05) is 13.5 Å². The number of hydrogen-bond acceptors (Lipinski definition) is 4. The molecular weight excluding hydrogens is 312 g/mol. The van der Waals surface area contributed by atoms with Crippen LogP contribution in [0, 0.1) is 13.8 Å². The second-order valence-corrected chi connectivity index (χ2v) is 6.44. The second kappa shape index (κ2) is 6.43. The topological polar surface area (TPSA) is 45.1 Å². The van der Waals surface area contributed by atoms with Gasteiger partial charge >= 0.3 is 0 Å². The van der Waals surface area contributed by atoms with Crippen molar-refractivity contribution in [2.24, 2.45) is 4.99 Å². The largest absolute Gasteiger partial charge is 0.505 e. The van der Waals surface area contributed by atoms with E-state index in [-0.39, 0.29) is 5.75 Å². The van der Waals surface area contributed by atoms with Crippen molar-refractivity contribution in [1.82, 2.24) is 0 Å². The maximum Gasteiger partial charge on any atom is 0.160 e. The Morgan fingerprint density at radius 3 is 2.40 bits per heavy atom. The Hall–Kier alpha value is -2.49. The molecule has 0 fully saturated rings. The summed E-state index contributed by atoms with van der Waals surface area (Å²) in [6.45, 7) is 16.2. The minimum Gasteiger partial charge on any atom is -0.505 e. The Morgan fingerprint density at radius 2 is 1.80 bits per heavy atom. The van der Waals surface area contributed by atoms with Crippen LogP contribution in [0.5, 0.6) is 17.2 Å². The maximum atomic E-state index is 10.5. The van der Waals surface area contributed by atoms with Crippen LogP contribution in [-0.4, -0.2) is 18.2 Å². The van der Waals surface area contributed by atoms with Crippen LogP contribution in [0.1, 0.15) is 37.5 Å². The average molecular weight is 338 g/mol. The molecule has 0 amide bonds. The minimum absolute atomic E-state index is 0.155. The van der Waals surface area contributed by atoms with Crippen molar-refractivity contribution < 1.29 is 9.84 Å². The summed E-state index contributed by atoms with van der Waals surface area (Å²) in [6, 6.07) is 4.15. The van der Waals surface area contributed by atoms with Crippen molar-refractivity contribution >= 4 is 18.0 Å². The molecule has 2 aromatic carbocycles. The Bertz CT molecular complexity index is 944. The summed E-state index contributed by atoms with van der Waals surface area (Å²) >= 11 is 0. The lowest BCUT2D eigenvalue weighted by Gasteiger charge is -2.26. The predicted molar refractivity (Wildman–Crippen MR) is 103 cm³/mol. The molecule has 25 heavy (non-hydrogen) atoms. The molecule has 0 aromatic heterocycles. The van der Waals surface area contributed by atoms with Crippen molar-refractivity contribution in [3.05, 3.63) is 39.4 Å². The van der Waals surface area contributed by atoms with Crippen molar-refractivity contribution in [2.45, 2.75) is 41.0 Å². The van der Waals surface area contributed by atoms with Gasteiger partial charge in [-0.3, -0.25) is 0 Å². The predicted octanol–water partition coefficient (Wildman–Crippen LogP) is 3.88. The zero-order valence-electron chi connectivity index (χ0n) is 15.7. The van der Waals surface area contributed by atoms with E-state index < -0.39 is 0 Å². The fourth-order valence-electron chi connectivity index (χ4n) is 3.39. The minimum atomic E-state index is 0.155. The maximum absolute atomic E-state index is 10.5. The van der Waals surface area contributed by atoms with E-state index in [1.54, 1.807) is 0 Å².